The zero-order valence-electron chi connectivity index (χ0n) is 13.1. The number of benzene rings is 1. The lowest BCUT2D eigenvalue weighted by molar-refractivity contribution is 0.217. The molecule has 0 unspecified atom stereocenters. The summed E-state index contributed by atoms with van der Waals surface area (Å²) in [6, 6.07) is 6.46. The summed E-state index contributed by atoms with van der Waals surface area (Å²) >= 11 is 0. The summed E-state index contributed by atoms with van der Waals surface area (Å²) in [6.07, 6.45) is 0. The number of likely N-dealkylation sites (N-methyl/N-ethyl adjacent to an activating group) is 1. The van der Waals surface area contributed by atoms with E-state index in [0.717, 1.165) is 38.5 Å². The van der Waals surface area contributed by atoms with Gasteiger partial charge in [-0.25, -0.2) is 0 Å². The van der Waals surface area contributed by atoms with Gasteiger partial charge in [0.25, 0.3) is 0 Å². The van der Waals surface area contributed by atoms with Crippen LogP contribution in [0.3, 0.4) is 0 Å². The van der Waals surface area contributed by atoms with Crippen LogP contribution in [0.1, 0.15) is 12.5 Å². The highest BCUT2D eigenvalue weighted by Crippen LogP contribution is 2.30. The standard InChI is InChI=1S/C16H27N3O2/c1-3-21-16-12-14(13-18(2)10-11-20)4-5-15(16)19-8-6-17-7-9-19/h4-5,12,17,20H,3,6-11,13H2,1-2H3. The van der Waals surface area contributed by atoms with Crippen molar-refractivity contribution < 1.29 is 9.84 Å². The van der Waals surface area contributed by atoms with Gasteiger partial charge in [0.1, 0.15) is 5.75 Å². The molecule has 1 fully saturated rings. The van der Waals surface area contributed by atoms with Gasteiger partial charge in [0.05, 0.1) is 18.9 Å². The Labute approximate surface area is 127 Å². The smallest absolute Gasteiger partial charge is 0.142 e. The van der Waals surface area contributed by atoms with Crippen molar-refractivity contribution in [3.63, 3.8) is 0 Å². The molecular formula is C16H27N3O2. The molecule has 5 nitrogen and oxygen atoms in total. The molecule has 1 aromatic carbocycles. The minimum absolute atomic E-state index is 0.188. The first kappa shape index (κ1) is 16.1. The average molecular weight is 293 g/mol. The molecule has 1 saturated heterocycles. The Bertz CT molecular complexity index is 434. The van der Waals surface area contributed by atoms with Crippen molar-refractivity contribution in [1.29, 1.82) is 0 Å². The molecule has 1 heterocycles. The topological polar surface area (TPSA) is 48.0 Å². The summed E-state index contributed by atoms with van der Waals surface area (Å²) in [7, 11) is 2.01. The highest BCUT2D eigenvalue weighted by Gasteiger charge is 2.15. The van der Waals surface area contributed by atoms with E-state index >= 15 is 0 Å². The third-order valence-corrected chi connectivity index (χ3v) is 3.72. The van der Waals surface area contributed by atoms with Crippen LogP contribution in [0.4, 0.5) is 5.69 Å². The zero-order chi connectivity index (χ0) is 15.1. The van der Waals surface area contributed by atoms with E-state index in [4.69, 9.17) is 9.84 Å². The number of piperazine rings is 1. The Balaban J connectivity index is 2.13. The van der Waals surface area contributed by atoms with Crippen LogP contribution in [0.5, 0.6) is 5.75 Å². The van der Waals surface area contributed by atoms with Gasteiger partial charge in [-0.05, 0) is 31.7 Å². The lowest BCUT2D eigenvalue weighted by atomic mass is 10.1. The maximum atomic E-state index is 8.99. The van der Waals surface area contributed by atoms with Crippen LogP contribution in [-0.2, 0) is 6.54 Å². The lowest BCUT2D eigenvalue weighted by Gasteiger charge is -2.31. The van der Waals surface area contributed by atoms with Crippen molar-refractivity contribution >= 4 is 5.69 Å². The van der Waals surface area contributed by atoms with E-state index in [1.807, 2.05) is 14.0 Å². The van der Waals surface area contributed by atoms with Crippen molar-refractivity contribution in [3.8, 4) is 5.75 Å². The first-order valence-electron chi connectivity index (χ1n) is 7.75. The molecule has 0 bridgehead atoms. The van der Waals surface area contributed by atoms with Gasteiger partial charge in [-0.1, -0.05) is 6.07 Å². The number of hydrogen-bond donors (Lipinski definition) is 2. The van der Waals surface area contributed by atoms with Gasteiger partial charge in [0, 0.05) is 39.3 Å². The number of rotatable bonds is 7. The summed E-state index contributed by atoms with van der Waals surface area (Å²) in [5, 5.41) is 12.4. The van der Waals surface area contributed by atoms with Gasteiger partial charge in [0.2, 0.25) is 0 Å². The lowest BCUT2D eigenvalue weighted by Crippen LogP contribution is -2.43. The van der Waals surface area contributed by atoms with Gasteiger partial charge < -0.3 is 20.1 Å². The molecule has 0 radical (unpaired) electrons. The molecule has 0 saturated carbocycles. The monoisotopic (exact) mass is 293 g/mol. The van der Waals surface area contributed by atoms with Gasteiger partial charge in [-0.15, -0.1) is 0 Å². The van der Waals surface area contributed by atoms with Crippen molar-refractivity contribution in [1.82, 2.24) is 10.2 Å². The third-order valence-electron chi connectivity index (χ3n) is 3.72. The van der Waals surface area contributed by atoms with Crippen molar-refractivity contribution in [2.24, 2.45) is 0 Å². The van der Waals surface area contributed by atoms with E-state index in [9.17, 15) is 0 Å². The van der Waals surface area contributed by atoms with Crippen LogP contribution >= 0.6 is 0 Å². The summed E-state index contributed by atoms with van der Waals surface area (Å²) in [5.74, 6) is 0.967. The van der Waals surface area contributed by atoms with Crippen LogP contribution in [-0.4, -0.2) is 63.0 Å². The third kappa shape index (κ3) is 4.59. The Morgan fingerprint density at radius 2 is 2.10 bits per heavy atom. The minimum atomic E-state index is 0.188. The summed E-state index contributed by atoms with van der Waals surface area (Å²) < 4.78 is 5.84. The summed E-state index contributed by atoms with van der Waals surface area (Å²) in [4.78, 5) is 4.48. The van der Waals surface area contributed by atoms with Crippen LogP contribution < -0.4 is 15.0 Å². The second-order valence-electron chi connectivity index (χ2n) is 5.43. The largest absolute Gasteiger partial charge is 0.492 e. The molecule has 1 aliphatic rings. The molecule has 0 aliphatic carbocycles. The second kappa shape index (κ2) is 8.22. The molecule has 118 valence electrons. The summed E-state index contributed by atoms with van der Waals surface area (Å²) in [6.45, 7) is 8.47. The van der Waals surface area contributed by atoms with Crippen LogP contribution in [0.2, 0.25) is 0 Å². The maximum Gasteiger partial charge on any atom is 0.142 e. The van der Waals surface area contributed by atoms with Crippen molar-refractivity contribution in [2.75, 3.05) is 57.9 Å². The van der Waals surface area contributed by atoms with Crippen LogP contribution in [0.15, 0.2) is 18.2 Å². The van der Waals surface area contributed by atoms with E-state index in [1.165, 1.54) is 11.3 Å². The molecular weight excluding hydrogens is 266 g/mol. The van der Waals surface area contributed by atoms with Gasteiger partial charge in [-0.2, -0.15) is 0 Å². The molecule has 2 rings (SSSR count). The van der Waals surface area contributed by atoms with Gasteiger partial charge >= 0.3 is 0 Å². The van der Waals surface area contributed by atoms with Crippen LogP contribution in [0, 0.1) is 0 Å². The number of nitrogens with zero attached hydrogens (tertiary/aromatic N) is 2. The minimum Gasteiger partial charge on any atom is -0.492 e. The SMILES string of the molecule is CCOc1cc(CN(C)CCO)ccc1N1CCNCC1. The Kier molecular flexibility index (Phi) is 6.29. The number of anilines is 1. The molecule has 21 heavy (non-hydrogen) atoms. The zero-order valence-corrected chi connectivity index (χ0v) is 13.1. The predicted octanol–water partition coefficient (Wildman–Crippen LogP) is 0.919. The van der Waals surface area contributed by atoms with Gasteiger partial charge in [0.15, 0.2) is 0 Å². The Morgan fingerprint density at radius 1 is 1.33 bits per heavy atom. The van der Waals surface area contributed by atoms with E-state index in [2.05, 4.69) is 33.3 Å². The van der Waals surface area contributed by atoms with Crippen LogP contribution in [0.25, 0.3) is 0 Å². The second-order valence-corrected chi connectivity index (χ2v) is 5.43. The fraction of sp³-hybridized carbons (Fsp3) is 0.625. The highest BCUT2D eigenvalue weighted by molar-refractivity contribution is 5.60. The maximum absolute atomic E-state index is 8.99. The number of aliphatic hydroxyl groups is 1. The molecule has 0 atom stereocenters. The normalized spacial score (nSPS) is 15.5. The van der Waals surface area contributed by atoms with Crippen molar-refractivity contribution in [2.45, 2.75) is 13.5 Å². The fourth-order valence-corrected chi connectivity index (χ4v) is 2.66. The molecule has 0 spiro atoms. The number of aliphatic hydroxyl groups excluding tert-OH is 1. The quantitative estimate of drug-likeness (QED) is 0.783. The average Bonchev–Trinajstić information content (AvgIpc) is 2.49. The Morgan fingerprint density at radius 3 is 2.76 bits per heavy atom. The van der Waals surface area contributed by atoms with E-state index in [1.54, 1.807) is 0 Å². The molecule has 1 aromatic rings. The molecule has 5 heteroatoms. The first-order chi connectivity index (χ1) is 10.2. The van der Waals surface area contributed by atoms with Crippen molar-refractivity contribution in [3.05, 3.63) is 23.8 Å². The Hall–Kier alpha value is -1.30. The van der Waals surface area contributed by atoms with E-state index in [-0.39, 0.29) is 6.61 Å². The van der Waals surface area contributed by atoms with E-state index in [0.29, 0.717) is 13.2 Å². The molecule has 0 amide bonds. The molecule has 1 aliphatic heterocycles. The fourth-order valence-electron chi connectivity index (χ4n) is 2.66. The molecule has 2 N–H and O–H groups in total. The summed E-state index contributed by atoms with van der Waals surface area (Å²) in [5.41, 5.74) is 2.40. The number of ether oxygens (including phenoxy) is 1. The predicted molar refractivity (Wildman–Crippen MR) is 86.1 cm³/mol. The first-order valence-corrected chi connectivity index (χ1v) is 7.75. The van der Waals surface area contributed by atoms with E-state index < -0.39 is 0 Å². The number of hydrogen-bond acceptors (Lipinski definition) is 5. The molecule has 0 aromatic heterocycles. The highest BCUT2D eigenvalue weighted by atomic mass is 16.5. The number of nitrogens with one attached hydrogen (secondary N) is 1. The van der Waals surface area contributed by atoms with Gasteiger partial charge in [-0.3, -0.25) is 4.90 Å².